The predicted octanol–water partition coefficient (Wildman–Crippen LogP) is 0.817. The molecule has 35 heavy (non-hydrogen) atoms. The van der Waals surface area contributed by atoms with E-state index in [1.54, 1.807) is 20.9 Å². The Kier molecular flexibility index (Phi) is 12.3. The predicted molar refractivity (Wildman–Crippen MR) is 136 cm³/mol. The van der Waals surface area contributed by atoms with Crippen molar-refractivity contribution >= 4 is 22.1 Å². The van der Waals surface area contributed by atoms with E-state index in [0.29, 0.717) is 6.42 Å². The highest BCUT2D eigenvalue weighted by Crippen LogP contribution is 2.15. The maximum Gasteiger partial charge on any atom is 0.326 e. The Bertz CT molecular complexity index is 908. The van der Waals surface area contributed by atoms with E-state index in [-0.39, 0.29) is 31.5 Å². The summed E-state index contributed by atoms with van der Waals surface area (Å²) < 4.78 is 35.1. The van der Waals surface area contributed by atoms with Gasteiger partial charge in [-0.15, -0.1) is 0 Å². The zero-order chi connectivity index (χ0) is 26.8. The number of amides is 1. The number of carbonyl (C=O) groups is 2. The number of hydrogen-bond donors (Lipinski definition) is 4. The molecule has 3 atom stereocenters. The molecule has 1 amide bonds. The maximum absolute atomic E-state index is 13.3. The molecule has 11 heteroatoms. The van der Waals surface area contributed by atoms with Crippen LogP contribution < -0.4 is 15.4 Å². The average molecular weight is 515 g/mol. The molecule has 1 aromatic carbocycles. The van der Waals surface area contributed by atoms with Crippen LogP contribution in [-0.4, -0.2) is 80.2 Å². The van der Waals surface area contributed by atoms with Crippen molar-refractivity contribution in [3.05, 3.63) is 35.9 Å². The third kappa shape index (κ3) is 10.2. The molecule has 200 valence electrons. The van der Waals surface area contributed by atoms with Gasteiger partial charge < -0.3 is 20.5 Å². The van der Waals surface area contributed by atoms with Crippen LogP contribution in [0, 0.1) is 5.92 Å². The van der Waals surface area contributed by atoms with Gasteiger partial charge in [-0.1, -0.05) is 44.2 Å². The van der Waals surface area contributed by atoms with Gasteiger partial charge in [-0.3, -0.25) is 9.59 Å². The first-order valence-corrected chi connectivity index (χ1v) is 13.3. The largest absolute Gasteiger partial charge is 0.465 e. The van der Waals surface area contributed by atoms with Crippen molar-refractivity contribution < 1.29 is 27.9 Å². The number of likely N-dealkylation sites (N-methyl/N-ethyl adjacent to an activating group) is 1. The van der Waals surface area contributed by atoms with Crippen LogP contribution in [0.5, 0.6) is 0 Å². The number of esters is 1. The summed E-state index contributed by atoms with van der Waals surface area (Å²) in [6, 6.07) is 8.08. The molecule has 0 aromatic heterocycles. The number of nitrogens with zero attached hydrogens (tertiary/aromatic N) is 1. The van der Waals surface area contributed by atoms with E-state index in [1.807, 2.05) is 44.2 Å². The molecule has 0 saturated carbocycles. The molecule has 0 heterocycles. The number of nitrogens with one attached hydrogen (secondary N) is 3. The number of aliphatic hydroxyl groups is 1. The smallest absolute Gasteiger partial charge is 0.326 e. The van der Waals surface area contributed by atoms with Crippen LogP contribution in [0.4, 0.5) is 0 Å². The molecule has 0 bridgehead atoms. The molecule has 4 N–H and O–H groups in total. The summed E-state index contributed by atoms with van der Waals surface area (Å²) in [4.78, 5) is 24.8. The molecular weight excluding hydrogens is 472 g/mol. The van der Waals surface area contributed by atoms with Crippen molar-refractivity contribution in [3.8, 4) is 0 Å². The van der Waals surface area contributed by atoms with Crippen LogP contribution in [0.2, 0.25) is 0 Å². The Hall–Kier alpha value is -2.05. The molecule has 0 radical (unpaired) electrons. The van der Waals surface area contributed by atoms with E-state index >= 15 is 0 Å². The lowest BCUT2D eigenvalue weighted by atomic mass is 10.0. The molecule has 0 spiro atoms. The second-order valence-corrected chi connectivity index (χ2v) is 11.2. The van der Waals surface area contributed by atoms with Gasteiger partial charge in [0.05, 0.1) is 24.8 Å². The lowest BCUT2D eigenvalue weighted by Gasteiger charge is -2.33. The van der Waals surface area contributed by atoms with Crippen LogP contribution in [0.25, 0.3) is 0 Å². The fourth-order valence-electron chi connectivity index (χ4n) is 3.34. The molecule has 0 aliphatic rings. The molecule has 1 unspecified atom stereocenters. The highest BCUT2D eigenvalue weighted by atomic mass is 32.2. The van der Waals surface area contributed by atoms with Gasteiger partial charge in [-0.25, -0.2) is 0 Å². The average Bonchev–Trinajstić information content (AvgIpc) is 2.77. The van der Waals surface area contributed by atoms with Gasteiger partial charge >= 0.3 is 5.97 Å². The van der Waals surface area contributed by atoms with Crippen LogP contribution in [0.1, 0.15) is 47.1 Å². The number of benzene rings is 1. The van der Waals surface area contributed by atoms with Gasteiger partial charge in [0.1, 0.15) is 5.54 Å². The third-order valence-electron chi connectivity index (χ3n) is 5.39. The summed E-state index contributed by atoms with van der Waals surface area (Å²) in [5.74, 6) is -1.08. The second kappa shape index (κ2) is 13.9. The summed E-state index contributed by atoms with van der Waals surface area (Å²) in [5, 5.41) is 16.9. The Labute approximate surface area is 210 Å². The third-order valence-corrected chi connectivity index (χ3v) is 7.13. The Morgan fingerprint density at radius 1 is 1.11 bits per heavy atom. The van der Waals surface area contributed by atoms with E-state index < -0.39 is 39.9 Å². The summed E-state index contributed by atoms with van der Waals surface area (Å²) in [6.07, 6.45) is -0.911. The summed E-state index contributed by atoms with van der Waals surface area (Å²) in [5.41, 5.74) is -0.622. The highest BCUT2D eigenvalue weighted by molar-refractivity contribution is 7.87. The van der Waals surface area contributed by atoms with Crippen molar-refractivity contribution in [1.29, 1.82) is 0 Å². The van der Waals surface area contributed by atoms with Crippen LogP contribution in [-0.2, 0) is 31.0 Å². The fourth-order valence-corrected chi connectivity index (χ4v) is 5.04. The molecule has 1 aromatic rings. The van der Waals surface area contributed by atoms with Crippen molar-refractivity contribution in [2.24, 2.45) is 5.92 Å². The molecule has 0 fully saturated rings. The monoisotopic (exact) mass is 514 g/mol. The Morgan fingerprint density at radius 3 is 2.23 bits per heavy atom. The summed E-state index contributed by atoms with van der Waals surface area (Å²) in [7, 11) is -2.54. The lowest BCUT2D eigenvalue weighted by molar-refractivity contribution is -0.149. The molecule has 10 nitrogen and oxygen atoms in total. The van der Waals surface area contributed by atoms with E-state index in [2.05, 4.69) is 15.4 Å². The van der Waals surface area contributed by atoms with E-state index in [4.69, 9.17) is 4.74 Å². The highest BCUT2D eigenvalue weighted by Gasteiger charge is 2.38. The number of hydrogen-bond acceptors (Lipinski definition) is 7. The quantitative estimate of drug-likeness (QED) is 0.254. The maximum atomic E-state index is 13.3. The van der Waals surface area contributed by atoms with E-state index in [0.717, 1.165) is 9.87 Å². The molecular formula is C24H42N4O6S. The van der Waals surface area contributed by atoms with Crippen molar-refractivity contribution in [2.45, 2.75) is 71.7 Å². The zero-order valence-corrected chi connectivity index (χ0v) is 22.7. The first kappa shape index (κ1) is 31.0. The van der Waals surface area contributed by atoms with Crippen LogP contribution in [0.3, 0.4) is 0 Å². The topological polar surface area (TPSA) is 137 Å². The number of rotatable bonds is 15. The van der Waals surface area contributed by atoms with Crippen LogP contribution >= 0.6 is 0 Å². The van der Waals surface area contributed by atoms with Crippen molar-refractivity contribution in [2.75, 3.05) is 26.7 Å². The summed E-state index contributed by atoms with van der Waals surface area (Å²) in [6.45, 7) is 9.81. The van der Waals surface area contributed by atoms with Gasteiger partial charge in [0.15, 0.2) is 0 Å². The Balaban J connectivity index is 3.19. The van der Waals surface area contributed by atoms with Gasteiger partial charge in [0, 0.05) is 13.1 Å². The van der Waals surface area contributed by atoms with Crippen molar-refractivity contribution in [1.82, 2.24) is 19.7 Å². The lowest BCUT2D eigenvalue weighted by Crippen LogP contribution is -2.58. The molecule has 1 rings (SSSR count). The van der Waals surface area contributed by atoms with Gasteiger partial charge in [-0.2, -0.15) is 17.4 Å². The number of aliphatic hydroxyl groups excluding tert-OH is 1. The van der Waals surface area contributed by atoms with E-state index in [9.17, 15) is 23.1 Å². The minimum absolute atomic E-state index is 0.0593. The minimum atomic E-state index is -4.19. The van der Waals surface area contributed by atoms with Gasteiger partial charge in [-0.05, 0) is 52.6 Å². The molecule has 0 aliphatic heterocycles. The first-order valence-electron chi connectivity index (χ1n) is 11.9. The van der Waals surface area contributed by atoms with E-state index in [1.165, 1.54) is 13.8 Å². The number of ether oxygens (including phenoxy) is 1. The Morgan fingerprint density at radius 2 is 1.71 bits per heavy atom. The number of carbonyl (C=O) groups excluding carboxylic acids is 2. The standard InChI is InChI=1S/C24H42N4O6S/c1-8-34-23(31)24(5,6)27-35(32,33)28(15-17(2)3)16-21(29)20(26-22(30)18(4)25-7)14-19-12-10-9-11-13-19/h9-13,17-18,20-21,25,27,29H,8,14-16H2,1-7H3,(H,26,30)/t18-,20-,21?/m0/s1. The normalized spacial score (nSPS) is 15.0. The van der Waals surface area contributed by atoms with Gasteiger partial charge in [0.2, 0.25) is 5.91 Å². The minimum Gasteiger partial charge on any atom is -0.465 e. The SMILES string of the molecule is CCOC(=O)C(C)(C)NS(=O)(=O)N(CC(C)C)CC(O)[C@H](Cc1ccccc1)NC(=O)[C@H](C)NC. The molecule has 0 saturated heterocycles. The van der Waals surface area contributed by atoms with Crippen molar-refractivity contribution in [3.63, 3.8) is 0 Å². The van der Waals surface area contributed by atoms with Gasteiger partial charge in [0.25, 0.3) is 10.2 Å². The first-order chi connectivity index (χ1) is 16.2. The zero-order valence-electron chi connectivity index (χ0n) is 21.9. The molecule has 0 aliphatic carbocycles. The van der Waals surface area contributed by atoms with Crippen LogP contribution in [0.15, 0.2) is 30.3 Å². The second-order valence-electron chi connectivity index (χ2n) is 9.55. The fraction of sp³-hybridized carbons (Fsp3) is 0.667. The summed E-state index contributed by atoms with van der Waals surface area (Å²) >= 11 is 0.